The molecule has 7 nitrogen and oxygen atoms in total. The van der Waals surface area contributed by atoms with Crippen molar-refractivity contribution in [2.24, 2.45) is 0 Å². The van der Waals surface area contributed by atoms with Crippen LogP contribution >= 0.6 is 0 Å². The summed E-state index contributed by atoms with van der Waals surface area (Å²) in [5, 5.41) is 5.98. The first kappa shape index (κ1) is 18.3. The molecule has 0 unspecified atom stereocenters. The predicted molar refractivity (Wildman–Crippen MR) is 105 cm³/mol. The molecule has 1 amide bonds. The lowest BCUT2D eigenvalue weighted by molar-refractivity contribution is -0.114. The van der Waals surface area contributed by atoms with Crippen LogP contribution in [0.15, 0.2) is 54.9 Å². The Bertz CT molecular complexity index is 915. The monoisotopic (exact) mass is 363 g/mol. The molecular weight excluding hydrogens is 342 g/mol. The number of rotatable bonds is 7. The van der Waals surface area contributed by atoms with Gasteiger partial charge in [0.1, 0.15) is 18.2 Å². The van der Waals surface area contributed by atoms with Crippen molar-refractivity contribution in [2.45, 2.75) is 13.8 Å². The van der Waals surface area contributed by atoms with Gasteiger partial charge in [0, 0.05) is 48.4 Å². The lowest BCUT2D eigenvalue weighted by atomic mass is 10.2. The number of anilines is 2. The number of aryl methyl sites for hydroxylation is 1. The van der Waals surface area contributed by atoms with E-state index in [9.17, 15) is 4.79 Å². The van der Waals surface area contributed by atoms with Gasteiger partial charge in [-0.3, -0.25) is 9.78 Å². The summed E-state index contributed by atoms with van der Waals surface area (Å²) in [6, 6.07) is 13.0. The van der Waals surface area contributed by atoms with Crippen molar-refractivity contribution in [3.8, 4) is 17.1 Å². The Hall–Kier alpha value is -3.48. The van der Waals surface area contributed by atoms with Gasteiger partial charge in [-0.05, 0) is 31.2 Å². The number of carbonyl (C=O) groups excluding carboxylic acids is 1. The second-order valence-corrected chi connectivity index (χ2v) is 5.94. The Morgan fingerprint density at radius 2 is 2.04 bits per heavy atom. The maximum absolute atomic E-state index is 11.1. The molecular formula is C20H21N5O2. The fourth-order valence-electron chi connectivity index (χ4n) is 2.50. The first-order valence-electron chi connectivity index (χ1n) is 8.60. The Kier molecular flexibility index (Phi) is 5.94. The lowest BCUT2D eigenvalue weighted by Gasteiger charge is -2.11. The minimum Gasteiger partial charge on any atom is -0.492 e. The topological polar surface area (TPSA) is 89.0 Å². The Balaban J connectivity index is 1.56. The van der Waals surface area contributed by atoms with Crippen molar-refractivity contribution in [3.63, 3.8) is 0 Å². The molecule has 27 heavy (non-hydrogen) atoms. The van der Waals surface area contributed by atoms with E-state index >= 15 is 0 Å². The van der Waals surface area contributed by atoms with Crippen LogP contribution in [0.3, 0.4) is 0 Å². The van der Waals surface area contributed by atoms with E-state index < -0.39 is 0 Å². The number of aromatic nitrogens is 3. The highest BCUT2D eigenvalue weighted by Crippen LogP contribution is 2.18. The first-order chi connectivity index (χ1) is 13.1. The van der Waals surface area contributed by atoms with Crippen LogP contribution in [0.2, 0.25) is 0 Å². The van der Waals surface area contributed by atoms with Gasteiger partial charge in [0.25, 0.3) is 0 Å². The Labute approximate surface area is 157 Å². The number of nitrogens with one attached hydrogen (secondary N) is 2. The first-order valence-corrected chi connectivity index (χ1v) is 8.60. The summed E-state index contributed by atoms with van der Waals surface area (Å²) in [6.45, 7) is 4.43. The maximum Gasteiger partial charge on any atom is 0.221 e. The zero-order valence-corrected chi connectivity index (χ0v) is 15.3. The summed E-state index contributed by atoms with van der Waals surface area (Å²) in [6.07, 6.45) is 3.46. The molecule has 0 aliphatic carbocycles. The summed E-state index contributed by atoms with van der Waals surface area (Å²) in [7, 11) is 0. The van der Waals surface area contributed by atoms with E-state index in [1.807, 2.05) is 43.3 Å². The van der Waals surface area contributed by atoms with Gasteiger partial charge in [0.05, 0.1) is 6.54 Å². The normalized spacial score (nSPS) is 10.3. The summed E-state index contributed by atoms with van der Waals surface area (Å²) < 4.78 is 5.73. The van der Waals surface area contributed by atoms with Crippen LogP contribution in [-0.2, 0) is 4.79 Å². The third kappa shape index (κ3) is 5.50. The number of hydrogen-bond acceptors (Lipinski definition) is 6. The molecule has 7 heteroatoms. The maximum atomic E-state index is 11.1. The Morgan fingerprint density at radius 1 is 1.15 bits per heavy atom. The van der Waals surface area contributed by atoms with E-state index in [4.69, 9.17) is 4.74 Å². The SMILES string of the molecule is CC(=O)Nc1cccc(OCCNc2cc(C)nc(-c3cccnc3)n2)c1. The van der Waals surface area contributed by atoms with Gasteiger partial charge in [-0.1, -0.05) is 6.07 Å². The fraction of sp³-hybridized carbons (Fsp3) is 0.200. The van der Waals surface area contributed by atoms with Gasteiger partial charge < -0.3 is 15.4 Å². The molecule has 3 rings (SSSR count). The highest BCUT2D eigenvalue weighted by atomic mass is 16.5. The second kappa shape index (κ2) is 8.75. The van der Waals surface area contributed by atoms with Crippen molar-refractivity contribution in [2.75, 3.05) is 23.8 Å². The minimum absolute atomic E-state index is 0.114. The van der Waals surface area contributed by atoms with Gasteiger partial charge in [-0.15, -0.1) is 0 Å². The van der Waals surface area contributed by atoms with Crippen molar-refractivity contribution in [3.05, 3.63) is 60.6 Å². The molecule has 0 aliphatic heterocycles. The van der Waals surface area contributed by atoms with Gasteiger partial charge in [0.15, 0.2) is 5.82 Å². The molecule has 0 atom stereocenters. The lowest BCUT2D eigenvalue weighted by Crippen LogP contribution is -2.13. The molecule has 0 bridgehead atoms. The third-order valence-electron chi connectivity index (χ3n) is 3.61. The van der Waals surface area contributed by atoms with Crippen LogP contribution in [0.5, 0.6) is 5.75 Å². The van der Waals surface area contributed by atoms with Crippen LogP contribution in [0.1, 0.15) is 12.6 Å². The number of benzene rings is 1. The van der Waals surface area contributed by atoms with Crippen LogP contribution in [0.4, 0.5) is 11.5 Å². The number of amides is 1. The summed E-state index contributed by atoms with van der Waals surface area (Å²) >= 11 is 0. The highest BCUT2D eigenvalue weighted by molar-refractivity contribution is 5.88. The third-order valence-corrected chi connectivity index (χ3v) is 3.61. The van der Waals surface area contributed by atoms with Gasteiger partial charge >= 0.3 is 0 Å². The van der Waals surface area contributed by atoms with Crippen molar-refractivity contribution in [1.29, 1.82) is 0 Å². The zero-order valence-electron chi connectivity index (χ0n) is 15.3. The van der Waals surface area contributed by atoms with Crippen LogP contribution in [0, 0.1) is 6.92 Å². The van der Waals surface area contributed by atoms with Crippen LogP contribution in [-0.4, -0.2) is 34.0 Å². The van der Waals surface area contributed by atoms with Crippen LogP contribution < -0.4 is 15.4 Å². The Morgan fingerprint density at radius 3 is 2.81 bits per heavy atom. The minimum atomic E-state index is -0.114. The molecule has 2 heterocycles. The van der Waals surface area contributed by atoms with Crippen LogP contribution in [0.25, 0.3) is 11.4 Å². The smallest absolute Gasteiger partial charge is 0.221 e. The van der Waals surface area contributed by atoms with Gasteiger partial charge in [-0.25, -0.2) is 9.97 Å². The van der Waals surface area contributed by atoms with Gasteiger partial charge in [0.2, 0.25) is 5.91 Å². The van der Waals surface area contributed by atoms with E-state index in [-0.39, 0.29) is 5.91 Å². The van der Waals surface area contributed by atoms with Crippen molar-refractivity contribution < 1.29 is 9.53 Å². The predicted octanol–water partition coefficient (Wildman–Crippen LogP) is 3.30. The molecule has 3 aromatic rings. The molecule has 0 radical (unpaired) electrons. The molecule has 0 saturated heterocycles. The van der Waals surface area contributed by atoms with E-state index in [2.05, 4.69) is 25.6 Å². The summed E-state index contributed by atoms with van der Waals surface area (Å²) in [5.74, 6) is 1.95. The second-order valence-electron chi connectivity index (χ2n) is 5.94. The number of carbonyl (C=O) groups is 1. The van der Waals surface area contributed by atoms with Crippen molar-refractivity contribution in [1.82, 2.24) is 15.0 Å². The molecule has 0 fully saturated rings. The largest absolute Gasteiger partial charge is 0.492 e. The quantitative estimate of drug-likeness (QED) is 0.626. The molecule has 0 spiro atoms. The van der Waals surface area contributed by atoms with Gasteiger partial charge in [-0.2, -0.15) is 0 Å². The number of ether oxygens (including phenoxy) is 1. The van der Waals surface area contributed by atoms with E-state index in [0.717, 1.165) is 17.1 Å². The number of nitrogens with zero attached hydrogens (tertiary/aromatic N) is 3. The van der Waals surface area contributed by atoms with E-state index in [0.29, 0.717) is 30.4 Å². The molecule has 138 valence electrons. The molecule has 2 N–H and O–H groups in total. The number of hydrogen-bond donors (Lipinski definition) is 2. The molecule has 0 aliphatic rings. The summed E-state index contributed by atoms with van der Waals surface area (Å²) in [5.41, 5.74) is 2.45. The highest BCUT2D eigenvalue weighted by Gasteiger charge is 2.05. The fourth-order valence-corrected chi connectivity index (χ4v) is 2.50. The number of pyridine rings is 1. The molecule has 0 saturated carbocycles. The van der Waals surface area contributed by atoms with Crippen molar-refractivity contribution >= 4 is 17.4 Å². The molecule has 1 aromatic carbocycles. The average molecular weight is 363 g/mol. The average Bonchev–Trinajstić information content (AvgIpc) is 2.65. The summed E-state index contributed by atoms with van der Waals surface area (Å²) in [4.78, 5) is 24.2. The standard InChI is InChI=1S/C20H21N5O2/c1-14-11-19(25-20(23-14)16-5-4-8-21-13-16)22-9-10-27-18-7-3-6-17(12-18)24-15(2)26/h3-8,11-13H,9-10H2,1-2H3,(H,24,26)(H,22,23,25). The van der Waals surface area contributed by atoms with E-state index in [1.165, 1.54) is 6.92 Å². The zero-order chi connectivity index (χ0) is 19.1. The van der Waals surface area contributed by atoms with E-state index in [1.54, 1.807) is 18.5 Å². The molecule has 2 aromatic heterocycles.